The first kappa shape index (κ1) is 12.3. The van der Waals surface area contributed by atoms with Crippen molar-refractivity contribution in [3.63, 3.8) is 0 Å². The molecule has 0 radical (unpaired) electrons. The zero-order chi connectivity index (χ0) is 11.3. The average molecular weight is 275 g/mol. The van der Waals surface area contributed by atoms with Crippen LogP contribution in [0.5, 0.6) is 0 Å². The molecule has 0 saturated carbocycles. The van der Waals surface area contributed by atoms with Crippen LogP contribution in [0.4, 0.5) is 4.39 Å². The van der Waals surface area contributed by atoms with Crippen LogP contribution >= 0.6 is 15.9 Å². The van der Waals surface area contributed by atoms with Crippen LogP contribution in [0.25, 0.3) is 0 Å². The normalized spacial score (nSPS) is 10.3. The number of halogens is 2. The van der Waals surface area contributed by atoms with Gasteiger partial charge in [-0.15, -0.1) is 0 Å². The van der Waals surface area contributed by atoms with Crippen molar-refractivity contribution in [2.24, 2.45) is 0 Å². The summed E-state index contributed by atoms with van der Waals surface area (Å²) in [7, 11) is 1.52. The Bertz CT molecular complexity index is 353. The molecule has 0 unspecified atom stereocenters. The SMILES string of the molecule is COCc1cc(Br)cc(CCC=O)c1F. The quantitative estimate of drug-likeness (QED) is 0.772. The van der Waals surface area contributed by atoms with Crippen LogP contribution in [0.1, 0.15) is 17.5 Å². The van der Waals surface area contributed by atoms with Crippen molar-refractivity contribution < 1.29 is 13.9 Å². The van der Waals surface area contributed by atoms with Gasteiger partial charge in [0.2, 0.25) is 0 Å². The summed E-state index contributed by atoms with van der Waals surface area (Å²) in [6.07, 6.45) is 1.54. The maximum atomic E-state index is 13.7. The third kappa shape index (κ3) is 3.39. The summed E-state index contributed by atoms with van der Waals surface area (Å²) >= 11 is 3.30. The second-order valence-corrected chi connectivity index (χ2v) is 4.09. The Morgan fingerprint density at radius 2 is 2.13 bits per heavy atom. The lowest BCUT2D eigenvalue weighted by Crippen LogP contribution is -1.99. The molecule has 0 fully saturated rings. The van der Waals surface area contributed by atoms with E-state index in [4.69, 9.17) is 4.74 Å². The molecule has 82 valence electrons. The molecule has 1 rings (SSSR count). The minimum Gasteiger partial charge on any atom is -0.380 e. The van der Waals surface area contributed by atoms with Crippen LogP contribution in [-0.4, -0.2) is 13.4 Å². The summed E-state index contributed by atoms with van der Waals surface area (Å²) in [5, 5.41) is 0. The number of hydrogen-bond acceptors (Lipinski definition) is 2. The third-order valence-corrected chi connectivity index (χ3v) is 2.48. The van der Waals surface area contributed by atoms with Gasteiger partial charge in [-0.05, 0) is 24.1 Å². The summed E-state index contributed by atoms with van der Waals surface area (Å²) in [6.45, 7) is 0.235. The fourth-order valence-corrected chi connectivity index (χ4v) is 1.92. The first-order valence-electron chi connectivity index (χ1n) is 4.58. The lowest BCUT2D eigenvalue weighted by Gasteiger charge is -2.08. The largest absolute Gasteiger partial charge is 0.380 e. The van der Waals surface area contributed by atoms with Crippen molar-refractivity contribution in [2.45, 2.75) is 19.4 Å². The molecule has 2 nitrogen and oxygen atoms in total. The Labute approximate surface area is 96.6 Å². The van der Waals surface area contributed by atoms with E-state index in [1.165, 1.54) is 7.11 Å². The maximum Gasteiger partial charge on any atom is 0.131 e. The number of carbonyl (C=O) groups excluding carboxylic acids is 1. The van der Waals surface area contributed by atoms with E-state index in [2.05, 4.69) is 15.9 Å². The van der Waals surface area contributed by atoms with Gasteiger partial charge < -0.3 is 9.53 Å². The Hall–Kier alpha value is -0.740. The summed E-state index contributed by atoms with van der Waals surface area (Å²) in [5.41, 5.74) is 1.05. The summed E-state index contributed by atoms with van der Waals surface area (Å²) in [5.74, 6) is -0.276. The molecule has 0 aliphatic heterocycles. The van der Waals surface area contributed by atoms with Gasteiger partial charge in [-0.2, -0.15) is 0 Å². The van der Waals surface area contributed by atoms with Crippen molar-refractivity contribution in [1.82, 2.24) is 0 Å². The van der Waals surface area contributed by atoms with Crippen molar-refractivity contribution in [3.05, 3.63) is 33.5 Å². The molecule has 0 saturated heterocycles. The van der Waals surface area contributed by atoms with Crippen LogP contribution in [0, 0.1) is 5.82 Å². The molecule has 0 amide bonds. The molecule has 0 heterocycles. The van der Waals surface area contributed by atoms with Gasteiger partial charge in [-0.25, -0.2) is 4.39 Å². The number of hydrogen-bond donors (Lipinski definition) is 0. The summed E-state index contributed by atoms with van der Waals surface area (Å²) < 4.78 is 19.4. The van der Waals surface area contributed by atoms with Gasteiger partial charge >= 0.3 is 0 Å². The second-order valence-electron chi connectivity index (χ2n) is 3.18. The number of rotatable bonds is 5. The van der Waals surface area contributed by atoms with Gasteiger partial charge in [-0.3, -0.25) is 0 Å². The molecular formula is C11H12BrFO2. The monoisotopic (exact) mass is 274 g/mol. The molecule has 0 N–H and O–H groups in total. The van der Waals surface area contributed by atoms with Crippen LogP contribution in [-0.2, 0) is 22.6 Å². The Kier molecular flexibility index (Phi) is 4.91. The first-order chi connectivity index (χ1) is 7.19. The molecule has 4 heteroatoms. The maximum absolute atomic E-state index is 13.7. The van der Waals surface area contributed by atoms with E-state index in [0.717, 1.165) is 10.8 Å². The van der Waals surface area contributed by atoms with E-state index in [9.17, 15) is 9.18 Å². The standard InChI is InChI=1S/C11H12BrFO2/c1-15-7-9-6-10(12)5-8(11(9)13)3-2-4-14/h4-6H,2-3,7H2,1H3. The molecule has 1 aromatic rings. The average Bonchev–Trinajstić information content (AvgIpc) is 2.21. The number of ether oxygens (including phenoxy) is 1. The molecule has 0 aliphatic carbocycles. The lowest BCUT2D eigenvalue weighted by molar-refractivity contribution is -0.107. The number of benzene rings is 1. The predicted molar refractivity (Wildman–Crippen MR) is 59.2 cm³/mol. The molecule has 0 spiro atoms. The van der Waals surface area contributed by atoms with E-state index >= 15 is 0 Å². The molecule has 0 bridgehead atoms. The van der Waals surface area contributed by atoms with Gasteiger partial charge in [-0.1, -0.05) is 15.9 Å². The molecule has 15 heavy (non-hydrogen) atoms. The van der Waals surface area contributed by atoms with Crippen molar-refractivity contribution >= 4 is 22.2 Å². The summed E-state index contributed by atoms with van der Waals surface area (Å²) in [6, 6.07) is 3.38. The zero-order valence-corrected chi connectivity index (χ0v) is 10.0. The predicted octanol–water partition coefficient (Wildman–Crippen LogP) is 2.87. The smallest absolute Gasteiger partial charge is 0.131 e. The molecule has 0 atom stereocenters. The number of aryl methyl sites for hydroxylation is 1. The van der Waals surface area contributed by atoms with Gasteiger partial charge in [0.15, 0.2) is 0 Å². The van der Waals surface area contributed by atoms with Crippen LogP contribution < -0.4 is 0 Å². The highest BCUT2D eigenvalue weighted by Gasteiger charge is 2.09. The highest BCUT2D eigenvalue weighted by Crippen LogP contribution is 2.21. The topological polar surface area (TPSA) is 26.3 Å². The Morgan fingerprint density at radius 3 is 2.73 bits per heavy atom. The van der Waals surface area contributed by atoms with E-state index in [-0.39, 0.29) is 12.4 Å². The molecule has 0 aliphatic rings. The Morgan fingerprint density at radius 1 is 1.47 bits per heavy atom. The second kappa shape index (κ2) is 5.98. The molecular weight excluding hydrogens is 263 g/mol. The van der Waals surface area contributed by atoms with Crippen molar-refractivity contribution in [1.29, 1.82) is 0 Å². The first-order valence-corrected chi connectivity index (χ1v) is 5.37. The lowest BCUT2D eigenvalue weighted by atomic mass is 10.1. The Balaban J connectivity index is 2.98. The minimum atomic E-state index is -0.276. The van der Waals surface area contributed by atoms with Gasteiger partial charge in [0, 0.05) is 23.6 Å². The highest BCUT2D eigenvalue weighted by molar-refractivity contribution is 9.10. The van der Waals surface area contributed by atoms with Crippen LogP contribution in [0.3, 0.4) is 0 Å². The van der Waals surface area contributed by atoms with E-state index < -0.39 is 0 Å². The highest BCUT2D eigenvalue weighted by atomic mass is 79.9. The zero-order valence-electron chi connectivity index (χ0n) is 8.43. The van der Waals surface area contributed by atoms with Gasteiger partial charge in [0.25, 0.3) is 0 Å². The number of aldehydes is 1. The van der Waals surface area contributed by atoms with E-state index in [1.54, 1.807) is 12.1 Å². The fourth-order valence-electron chi connectivity index (χ4n) is 1.36. The number of carbonyl (C=O) groups is 1. The van der Waals surface area contributed by atoms with Crippen LogP contribution in [0.2, 0.25) is 0 Å². The van der Waals surface area contributed by atoms with E-state index in [1.807, 2.05) is 0 Å². The van der Waals surface area contributed by atoms with Crippen molar-refractivity contribution in [2.75, 3.05) is 7.11 Å². The van der Waals surface area contributed by atoms with Gasteiger partial charge in [0.1, 0.15) is 12.1 Å². The minimum absolute atomic E-state index is 0.235. The van der Waals surface area contributed by atoms with Crippen LogP contribution in [0.15, 0.2) is 16.6 Å². The molecule has 1 aromatic carbocycles. The fraction of sp³-hybridized carbons (Fsp3) is 0.364. The summed E-state index contributed by atoms with van der Waals surface area (Å²) in [4.78, 5) is 10.2. The number of methoxy groups -OCH3 is 1. The molecule has 0 aromatic heterocycles. The van der Waals surface area contributed by atoms with Crippen molar-refractivity contribution in [3.8, 4) is 0 Å². The van der Waals surface area contributed by atoms with Gasteiger partial charge in [0.05, 0.1) is 6.61 Å². The third-order valence-electron chi connectivity index (χ3n) is 2.02. The van der Waals surface area contributed by atoms with E-state index in [0.29, 0.717) is 24.0 Å².